The van der Waals surface area contributed by atoms with Crippen LogP contribution < -0.4 is 10.0 Å². The molecule has 1 aliphatic rings. The summed E-state index contributed by atoms with van der Waals surface area (Å²) in [5.74, 6) is -4.12. The number of amides is 1. The summed E-state index contributed by atoms with van der Waals surface area (Å²) in [6, 6.07) is 4.94. The van der Waals surface area contributed by atoms with Crippen LogP contribution in [-0.2, 0) is 10.0 Å². The second kappa shape index (κ2) is 7.29. The summed E-state index contributed by atoms with van der Waals surface area (Å²) >= 11 is 0. The summed E-state index contributed by atoms with van der Waals surface area (Å²) in [6.07, 6.45) is -0.162. The Morgan fingerprint density at radius 3 is 2.30 bits per heavy atom. The van der Waals surface area contributed by atoms with Crippen LogP contribution >= 0.6 is 0 Å². The molecule has 3 rings (SSSR count). The Morgan fingerprint density at radius 1 is 1.00 bits per heavy atom. The van der Waals surface area contributed by atoms with Crippen LogP contribution in [0.3, 0.4) is 0 Å². The van der Waals surface area contributed by atoms with E-state index in [1.54, 1.807) is 0 Å². The lowest BCUT2D eigenvalue weighted by molar-refractivity contribution is 0.0712. The van der Waals surface area contributed by atoms with Gasteiger partial charge in [-0.1, -0.05) is 0 Å². The second-order valence-corrected chi connectivity index (χ2v) is 7.85. The first kappa shape index (κ1) is 19.3. The predicted molar refractivity (Wildman–Crippen MR) is 90.1 cm³/mol. The number of aliphatic hydroxyl groups excluding tert-OH is 1. The minimum Gasteiger partial charge on any atom is -0.393 e. The zero-order valence-electron chi connectivity index (χ0n) is 13.7. The smallest absolute Gasteiger partial charge is 0.255 e. The van der Waals surface area contributed by atoms with Crippen molar-refractivity contribution in [2.75, 3.05) is 5.32 Å². The highest BCUT2D eigenvalue weighted by Crippen LogP contribution is 2.24. The van der Waals surface area contributed by atoms with Gasteiger partial charge >= 0.3 is 0 Å². The van der Waals surface area contributed by atoms with E-state index >= 15 is 0 Å². The molecule has 1 fully saturated rings. The molecule has 3 N–H and O–H groups in total. The van der Waals surface area contributed by atoms with Crippen molar-refractivity contribution < 1.29 is 31.5 Å². The summed E-state index contributed by atoms with van der Waals surface area (Å²) in [6.45, 7) is 0. The topological polar surface area (TPSA) is 95.5 Å². The van der Waals surface area contributed by atoms with E-state index in [0.717, 1.165) is 36.4 Å². The summed E-state index contributed by atoms with van der Waals surface area (Å²) in [5, 5.41) is 11.5. The number of hydrogen-bond acceptors (Lipinski definition) is 4. The van der Waals surface area contributed by atoms with Crippen LogP contribution in [0.15, 0.2) is 41.3 Å². The fourth-order valence-electron chi connectivity index (χ4n) is 2.59. The summed E-state index contributed by atoms with van der Waals surface area (Å²) in [4.78, 5) is 11.5. The molecule has 0 bridgehead atoms. The van der Waals surface area contributed by atoms with E-state index in [1.807, 2.05) is 0 Å². The van der Waals surface area contributed by atoms with Crippen LogP contribution in [0.5, 0.6) is 0 Å². The maximum atomic E-state index is 14.0. The molecule has 0 unspecified atom stereocenters. The van der Waals surface area contributed by atoms with Crippen molar-refractivity contribution in [3.63, 3.8) is 0 Å². The standard InChI is InChI=1S/C17H15F3N2O4S/c18-13-4-2-10(8-15(13)20)21-17(24)9-1-3-14(19)16(5-9)27(25,26)22-11-6-12(23)7-11/h1-5,8,11-12,22-23H,6-7H2,(H,21,24). The Balaban J connectivity index is 1.81. The molecule has 6 nitrogen and oxygen atoms in total. The van der Waals surface area contributed by atoms with Gasteiger partial charge in [-0.05, 0) is 43.2 Å². The van der Waals surface area contributed by atoms with Gasteiger partial charge in [0.2, 0.25) is 10.0 Å². The molecule has 0 aliphatic heterocycles. The predicted octanol–water partition coefficient (Wildman–Crippen LogP) is 2.16. The number of carbonyl (C=O) groups excluding carboxylic acids is 1. The minimum absolute atomic E-state index is 0.0470. The van der Waals surface area contributed by atoms with Crippen molar-refractivity contribution in [1.29, 1.82) is 0 Å². The highest BCUT2D eigenvalue weighted by Gasteiger charge is 2.32. The normalized spacial score (nSPS) is 19.4. The Morgan fingerprint density at radius 2 is 1.67 bits per heavy atom. The van der Waals surface area contributed by atoms with E-state index in [2.05, 4.69) is 10.0 Å². The van der Waals surface area contributed by atoms with E-state index in [-0.39, 0.29) is 24.1 Å². The van der Waals surface area contributed by atoms with Gasteiger partial charge in [0.1, 0.15) is 10.7 Å². The third kappa shape index (κ3) is 4.29. The van der Waals surface area contributed by atoms with Crippen molar-refractivity contribution >= 4 is 21.6 Å². The Kier molecular flexibility index (Phi) is 5.22. The maximum Gasteiger partial charge on any atom is 0.255 e. The molecule has 1 saturated carbocycles. The van der Waals surface area contributed by atoms with Crippen molar-refractivity contribution in [3.05, 3.63) is 59.4 Å². The molecule has 2 aromatic carbocycles. The Hall–Kier alpha value is -2.43. The quantitative estimate of drug-likeness (QED) is 0.717. The van der Waals surface area contributed by atoms with Gasteiger partial charge in [-0.3, -0.25) is 4.79 Å². The van der Waals surface area contributed by atoms with E-state index < -0.39 is 50.4 Å². The molecule has 0 radical (unpaired) electrons. The third-order valence-corrected chi connectivity index (χ3v) is 5.63. The number of benzene rings is 2. The van der Waals surface area contributed by atoms with E-state index in [0.29, 0.717) is 0 Å². The van der Waals surface area contributed by atoms with Crippen LogP contribution in [-0.4, -0.2) is 31.6 Å². The average Bonchev–Trinajstić information content (AvgIpc) is 2.56. The second-order valence-electron chi connectivity index (χ2n) is 6.17. The van der Waals surface area contributed by atoms with Gasteiger partial charge in [-0.25, -0.2) is 26.3 Å². The number of carbonyl (C=O) groups is 1. The SMILES string of the molecule is O=C(Nc1ccc(F)c(F)c1)c1ccc(F)c(S(=O)(=O)NC2CC(O)C2)c1. The van der Waals surface area contributed by atoms with Crippen molar-refractivity contribution in [2.24, 2.45) is 0 Å². The molecular weight excluding hydrogens is 385 g/mol. The highest BCUT2D eigenvalue weighted by atomic mass is 32.2. The van der Waals surface area contributed by atoms with Crippen LogP contribution in [0.25, 0.3) is 0 Å². The van der Waals surface area contributed by atoms with Gasteiger partial charge in [0.25, 0.3) is 5.91 Å². The van der Waals surface area contributed by atoms with Gasteiger partial charge in [0, 0.05) is 23.4 Å². The molecule has 2 aromatic rings. The van der Waals surface area contributed by atoms with E-state index in [1.165, 1.54) is 0 Å². The first-order valence-corrected chi connectivity index (χ1v) is 9.40. The fourth-order valence-corrected chi connectivity index (χ4v) is 3.96. The van der Waals surface area contributed by atoms with Crippen molar-refractivity contribution in [2.45, 2.75) is 29.9 Å². The van der Waals surface area contributed by atoms with Crippen LogP contribution in [0.1, 0.15) is 23.2 Å². The summed E-state index contributed by atoms with van der Waals surface area (Å²) in [5.41, 5.74) is -0.232. The average molecular weight is 400 g/mol. The molecule has 27 heavy (non-hydrogen) atoms. The number of rotatable bonds is 5. The summed E-state index contributed by atoms with van der Waals surface area (Å²) in [7, 11) is -4.24. The molecule has 0 heterocycles. The van der Waals surface area contributed by atoms with E-state index in [9.17, 15) is 31.5 Å². The lowest BCUT2D eigenvalue weighted by Crippen LogP contribution is -2.46. The molecule has 1 amide bonds. The first-order valence-electron chi connectivity index (χ1n) is 7.92. The molecule has 0 spiro atoms. The monoisotopic (exact) mass is 400 g/mol. The van der Waals surface area contributed by atoms with Crippen LogP contribution in [0.4, 0.5) is 18.9 Å². The number of sulfonamides is 1. The van der Waals surface area contributed by atoms with Gasteiger partial charge < -0.3 is 10.4 Å². The molecular formula is C17H15F3N2O4S. The molecule has 0 aromatic heterocycles. The van der Waals surface area contributed by atoms with Crippen molar-refractivity contribution in [3.8, 4) is 0 Å². The number of aliphatic hydroxyl groups is 1. The van der Waals surface area contributed by atoms with Gasteiger partial charge in [-0.15, -0.1) is 0 Å². The first-order chi connectivity index (χ1) is 12.7. The zero-order chi connectivity index (χ0) is 19.8. The lowest BCUT2D eigenvalue weighted by Gasteiger charge is -2.31. The third-order valence-electron chi connectivity index (χ3n) is 4.10. The minimum atomic E-state index is -4.24. The van der Waals surface area contributed by atoms with Gasteiger partial charge in [0.15, 0.2) is 11.6 Å². The van der Waals surface area contributed by atoms with Crippen LogP contribution in [0.2, 0.25) is 0 Å². The molecule has 0 atom stereocenters. The number of nitrogens with one attached hydrogen (secondary N) is 2. The summed E-state index contributed by atoms with van der Waals surface area (Å²) < 4.78 is 67.1. The number of hydrogen-bond donors (Lipinski definition) is 3. The van der Waals surface area contributed by atoms with Crippen LogP contribution in [0, 0.1) is 17.5 Å². The zero-order valence-corrected chi connectivity index (χ0v) is 14.6. The Labute approximate surface area is 153 Å². The maximum absolute atomic E-state index is 14.0. The van der Waals surface area contributed by atoms with Gasteiger partial charge in [0.05, 0.1) is 6.10 Å². The molecule has 1 aliphatic carbocycles. The number of halogens is 3. The molecule has 0 saturated heterocycles. The molecule has 144 valence electrons. The highest BCUT2D eigenvalue weighted by molar-refractivity contribution is 7.89. The molecule has 10 heteroatoms. The van der Waals surface area contributed by atoms with Gasteiger partial charge in [-0.2, -0.15) is 0 Å². The Bertz CT molecular complexity index is 992. The lowest BCUT2D eigenvalue weighted by atomic mass is 9.91. The number of anilines is 1. The largest absolute Gasteiger partial charge is 0.393 e. The van der Waals surface area contributed by atoms with E-state index in [4.69, 9.17) is 0 Å². The van der Waals surface area contributed by atoms with Crippen molar-refractivity contribution in [1.82, 2.24) is 4.72 Å². The fraction of sp³-hybridized carbons (Fsp3) is 0.235.